The number of anilines is 2. The Morgan fingerprint density at radius 3 is 2.27 bits per heavy atom. The fraction of sp³-hybridized carbons (Fsp3) is 0.0833. The van der Waals surface area contributed by atoms with Gasteiger partial charge >= 0.3 is 0 Å². The van der Waals surface area contributed by atoms with Crippen LogP contribution in [-0.4, -0.2) is 23.0 Å². The Balaban J connectivity index is 1.34. The monoisotopic (exact) mass is 619 g/mol. The fourth-order valence-corrected chi connectivity index (χ4v) is 5.60. The van der Waals surface area contributed by atoms with Gasteiger partial charge in [0.05, 0.1) is 5.25 Å². The highest BCUT2D eigenvalue weighted by Gasteiger charge is 2.18. The van der Waals surface area contributed by atoms with Gasteiger partial charge in [0.25, 0.3) is 11.8 Å². The van der Waals surface area contributed by atoms with Crippen LogP contribution < -0.4 is 16.0 Å². The number of rotatable bonds is 9. The van der Waals surface area contributed by atoms with Gasteiger partial charge in [-0.2, -0.15) is 0 Å². The van der Waals surface area contributed by atoms with E-state index in [-0.39, 0.29) is 11.6 Å². The lowest BCUT2D eigenvalue weighted by Crippen LogP contribution is -2.30. The average Bonchev–Trinajstić information content (AvgIpc) is 3.03. The van der Waals surface area contributed by atoms with Crippen molar-refractivity contribution in [2.45, 2.75) is 24.0 Å². The van der Waals surface area contributed by atoms with Gasteiger partial charge in [0, 0.05) is 26.9 Å². The van der Waals surface area contributed by atoms with E-state index >= 15 is 0 Å². The topological polar surface area (TPSA) is 87.3 Å². The molecule has 0 bridgehead atoms. The molecule has 6 nitrogen and oxygen atoms in total. The Morgan fingerprint density at radius 2 is 1.48 bits per heavy atom. The van der Waals surface area contributed by atoms with Crippen molar-refractivity contribution in [3.63, 3.8) is 0 Å². The predicted molar refractivity (Wildman–Crippen MR) is 181 cm³/mol. The summed E-state index contributed by atoms with van der Waals surface area (Å²) in [6, 6.07) is 35.0. The Bertz CT molecular complexity index is 1870. The summed E-state index contributed by atoms with van der Waals surface area (Å²) in [6.07, 6.45) is 1.68. The molecule has 1 atom stereocenters. The van der Waals surface area contributed by atoms with Crippen molar-refractivity contribution in [3.05, 3.63) is 143 Å². The molecule has 0 fully saturated rings. The maximum atomic E-state index is 13.6. The van der Waals surface area contributed by atoms with E-state index in [0.717, 1.165) is 26.8 Å². The molecule has 0 aliphatic rings. The Labute approximate surface area is 265 Å². The van der Waals surface area contributed by atoms with Gasteiger partial charge in [-0.25, -0.2) is 0 Å². The molecule has 3 N–H and O–H groups in total. The molecule has 0 heterocycles. The van der Waals surface area contributed by atoms with Crippen LogP contribution in [0.1, 0.15) is 28.4 Å². The Kier molecular flexibility index (Phi) is 9.79. The van der Waals surface area contributed by atoms with E-state index in [2.05, 4.69) is 16.0 Å². The highest BCUT2D eigenvalue weighted by atomic mass is 35.5. The van der Waals surface area contributed by atoms with Crippen LogP contribution in [0, 0.1) is 6.92 Å². The van der Waals surface area contributed by atoms with Gasteiger partial charge in [0.15, 0.2) is 0 Å². The minimum atomic E-state index is -0.480. The van der Waals surface area contributed by atoms with E-state index in [4.69, 9.17) is 11.6 Å². The van der Waals surface area contributed by atoms with Crippen LogP contribution >= 0.6 is 23.4 Å². The second-order valence-corrected chi connectivity index (χ2v) is 12.0. The molecule has 0 saturated heterocycles. The SMILES string of the molecule is Cc1ccc(NC(=O)C(C)Sc2cccc(NC(=O)/C(=C\c3cccc4ccccc34)NC(=O)c3ccccc3)c2)cc1Cl. The molecule has 0 aromatic heterocycles. The third-order valence-corrected chi connectivity index (χ3v) is 8.37. The number of hydrogen-bond acceptors (Lipinski definition) is 4. The summed E-state index contributed by atoms with van der Waals surface area (Å²) in [4.78, 5) is 40.4. The van der Waals surface area contributed by atoms with Crippen LogP contribution in [0.15, 0.2) is 126 Å². The van der Waals surface area contributed by atoms with Crippen LogP contribution in [0.4, 0.5) is 11.4 Å². The second-order valence-electron chi connectivity index (χ2n) is 10.1. The highest BCUT2D eigenvalue weighted by molar-refractivity contribution is 8.00. The molecule has 0 saturated carbocycles. The second kappa shape index (κ2) is 14.1. The van der Waals surface area contributed by atoms with E-state index in [1.807, 2.05) is 80.6 Å². The van der Waals surface area contributed by atoms with Crippen molar-refractivity contribution >= 4 is 69.3 Å². The van der Waals surface area contributed by atoms with Crippen molar-refractivity contribution in [1.82, 2.24) is 5.32 Å². The van der Waals surface area contributed by atoms with Gasteiger partial charge < -0.3 is 16.0 Å². The van der Waals surface area contributed by atoms with E-state index < -0.39 is 17.1 Å². The summed E-state index contributed by atoms with van der Waals surface area (Å²) in [6.45, 7) is 3.71. The van der Waals surface area contributed by atoms with Gasteiger partial charge in [0.1, 0.15) is 5.70 Å². The molecular weight excluding hydrogens is 590 g/mol. The summed E-state index contributed by atoms with van der Waals surface area (Å²) in [5.74, 6) is -1.05. The maximum Gasteiger partial charge on any atom is 0.272 e. The predicted octanol–water partition coefficient (Wildman–Crippen LogP) is 8.33. The summed E-state index contributed by atoms with van der Waals surface area (Å²) in [5, 5.41) is 10.7. The van der Waals surface area contributed by atoms with E-state index in [1.54, 1.807) is 54.6 Å². The number of halogens is 1. The summed E-state index contributed by atoms with van der Waals surface area (Å²) in [5.41, 5.74) is 3.40. The van der Waals surface area contributed by atoms with Gasteiger partial charge in [0.2, 0.25) is 5.91 Å². The lowest BCUT2D eigenvalue weighted by molar-refractivity contribution is -0.115. The Hall–Kier alpha value is -4.85. The standard InChI is InChI=1S/C36H30ClN3O3S/c1-23-18-19-29(22-32(23)37)38-34(41)24(2)44-30-16-9-15-28(21-30)39-36(43)33(40-35(42)26-11-4-3-5-12-26)20-27-14-8-13-25-10-6-7-17-31(25)27/h3-22,24H,1-2H3,(H,38,41)(H,39,43)(H,40,42)/b33-20+. The first-order valence-corrected chi connectivity index (χ1v) is 15.2. The van der Waals surface area contributed by atoms with Crippen molar-refractivity contribution in [2.75, 3.05) is 10.6 Å². The minimum Gasteiger partial charge on any atom is -0.325 e. The number of aryl methyl sites for hydroxylation is 1. The first-order valence-electron chi connectivity index (χ1n) is 14.0. The largest absolute Gasteiger partial charge is 0.325 e. The molecule has 0 aliphatic carbocycles. The highest BCUT2D eigenvalue weighted by Crippen LogP contribution is 2.28. The fourth-order valence-electron chi connectivity index (χ4n) is 4.49. The number of fused-ring (bicyclic) bond motifs is 1. The number of thioether (sulfide) groups is 1. The van der Waals surface area contributed by atoms with Crippen LogP contribution in [0.25, 0.3) is 16.8 Å². The van der Waals surface area contributed by atoms with Gasteiger partial charge in [-0.05, 0) is 84.3 Å². The van der Waals surface area contributed by atoms with Crippen molar-refractivity contribution < 1.29 is 14.4 Å². The molecule has 8 heteroatoms. The zero-order valence-corrected chi connectivity index (χ0v) is 25.7. The maximum absolute atomic E-state index is 13.6. The van der Waals surface area contributed by atoms with Gasteiger partial charge in [-0.15, -0.1) is 11.8 Å². The van der Waals surface area contributed by atoms with E-state index in [0.29, 0.717) is 22.0 Å². The van der Waals surface area contributed by atoms with E-state index in [1.165, 1.54) is 11.8 Å². The molecule has 44 heavy (non-hydrogen) atoms. The van der Waals surface area contributed by atoms with E-state index in [9.17, 15) is 14.4 Å². The zero-order valence-electron chi connectivity index (χ0n) is 24.1. The van der Waals surface area contributed by atoms with Crippen molar-refractivity contribution in [3.8, 4) is 0 Å². The molecule has 1 unspecified atom stereocenters. The zero-order chi connectivity index (χ0) is 31.1. The van der Waals surface area contributed by atoms with Crippen molar-refractivity contribution in [2.24, 2.45) is 0 Å². The smallest absolute Gasteiger partial charge is 0.272 e. The van der Waals surface area contributed by atoms with Crippen LogP contribution in [0.5, 0.6) is 0 Å². The Morgan fingerprint density at radius 1 is 0.773 bits per heavy atom. The molecule has 220 valence electrons. The molecule has 5 aromatic carbocycles. The average molecular weight is 620 g/mol. The number of benzene rings is 5. The first-order chi connectivity index (χ1) is 21.3. The third kappa shape index (κ3) is 7.75. The number of hydrogen-bond donors (Lipinski definition) is 3. The molecule has 0 aliphatic heterocycles. The third-order valence-electron chi connectivity index (χ3n) is 6.87. The van der Waals surface area contributed by atoms with Crippen LogP contribution in [0.3, 0.4) is 0 Å². The molecular formula is C36H30ClN3O3S. The number of amides is 3. The molecule has 5 rings (SSSR count). The summed E-state index contributed by atoms with van der Waals surface area (Å²) >= 11 is 7.56. The first kappa shape index (κ1) is 30.6. The van der Waals surface area contributed by atoms with Crippen LogP contribution in [0.2, 0.25) is 5.02 Å². The normalized spacial score (nSPS) is 11.9. The number of carbonyl (C=O) groups is 3. The van der Waals surface area contributed by atoms with Gasteiger partial charge in [-0.3, -0.25) is 14.4 Å². The lowest BCUT2D eigenvalue weighted by atomic mass is 10.0. The lowest BCUT2D eigenvalue weighted by Gasteiger charge is -2.15. The molecule has 0 spiro atoms. The molecule has 5 aromatic rings. The number of carbonyl (C=O) groups excluding carboxylic acids is 3. The number of nitrogens with one attached hydrogen (secondary N) is 3. The molecule has 3 amide bonds. The molecule has 0 radical (unpaired) electrons. The van der Waals surface area contributed by atoms with Crippen molar-refractivity contribution in [1.29, 1.82) is 0 Å². The summed E-state index contributed by atoms with van der Waals surface area (Å²) in [7, 11) is 0. The van der Waals surface area contributed by atoms with Crippen LogP contribution in [-0.2, 0) is 9.59 Å². The minimum absolute atomic E-state index is 0.0952. The quantitative estimate of drug-likeness (QED) is 0.114. The summed E-state index contributed by atoms with van der Waals surface area (Å²) < 4.78 is 0. The van der Waals surface area contributed by atoms with Gasteiger partial charge in [-0.1, -0.05) is 84.4 Å².